The van der Waals surface area contributed by atoms with Crippen molar-refractivity contribution in [3.63, 3.8) is 0 Å². The fourth-order valence-corrected chi connectivity index (χ4v) is 0.963. The number of carboxylic acid groups (broad SMARTS) is 1. The van der Waals surface area contributed by atoms with Crippen LogP contribution < -0.4 is 0 Å². The molecule has 1 N–H and O–H groups in total. The van der Waals surface area contributed by atoms with E-state index in [0.29, 0.717) is 6.54 Å². The molecule has 0 spiro atoms. The molecule has 0 amide bonds. The lowest BCUT2D eigenvalue weighted by Gasteiger charge is -2.27. The Morgan fingerprint density at radius 2 is 1.89 bits per heavy atom. The molecule has 0 rings (SSSR count). The summed E-state index contributed by atoms with van der Waals surface area (Å²) in [5.74, 6) is -1.68. The lowest BCUT2D eigenvalue weighted by molar-refractivity contribution is -0.883. The van der Waals surface area contributed by atoms with Crippen molar-refractivity contribution < 1.29 is 23.9 Å². The van der Waals surface area contributed by atoms with Crippen LogP contribution in [-0.2, 0) is 14.3 Å². The van der Waals surface area contributed by atoms with E-state index in [1.807, 2.05) is 13.8 Å². The zero-order valence-electron chi connectivity index (χ0n) is 11.4. The number of aliphatic carboxylic acids is 1. The van der Waals surface area contributed by atoms with Gasteiger partial charge in [-0.05, 0) is 0 Å². The number of ether oxygens (including phenoxy) is 1. The second kappa shape index (κ2) is 9.19. The highest BCUT2D eigenvalue weighted by Gasteiger charge is 2.20. The normalized spacial score (nSPS) is 9.50. The van der Waals surface area contributed by atoms with Gasteiger partial charge >= 0.3 is 11.9 Å². The minimum absolute atomic E-state index is 0.0554. The summed E-state index contributed by atoms with van der Waals surface area (Å²) >= 11 is 0. The van der Waals surface area contributed by atoms with Crippen LogP contribution in [0.1, 0.15) is 13.8 Å². The van der Waals surface area contributed by atoms with Crippen LogP contribution in [0.5, 0.6) is 0 Å². The number of likely N-dealkylation sites (N-methyl/N-ethyl adjacent to an activating group) is 1. The number of carbonyl (C=O) groups excluding carboxylic acids is 1. The number of hydrogen-bond acceptors (Lipinski definition) is 4. The number of quaternary nitrogens is 1. The Kier molecular flexibility index (Phi) is 9.44. The van der Waals surface area contributed by atoms with E-state index in [9.17, 15) is 9.59 Å². The molecule has 0 aromatic carbocycles. The van der Waals surface area contributed by atoms with Crippen LogP contribution in [0.15, 0.2) is 12.2 Å². The van der Waals surface area contributed by atoms with Crippen molar-refractivity contribution in [1.82, 2.24) is 0 Å². The van der Waals surface area contributed by atoms with Crippen molar-refractivity contribution >= 4 is 11.9 Å². The summed E-state index contributed by atoms with van der Waals surface area (Å²) in [7, 11) is 3.42. The summed E-state index contributed by atoms with van der Waals surface area (Å²) in [5, 5.41) is 17.0. The first-order chi connectivity index (χ1) is 8.28. The Hall–Kier alpha value is -1.87. The fourth-order valence-electron chi connectivity index (χ4n) is 0.963. The first-order valence-electron chi connectivity index (χ1n) is 5.58. The number of nitrogens with zero attached hydrogens (tertiary/aromatic N) is 2. The first kappa shape index (κ1) is 18.5. The number of carbonyl (C=O) groups is 2. The van der Waals surface area contributed by atoms with Gasteiger partial charge in [0.05, 0.1) is 14.1 Å². The number of esters is 1. The maximum atomic E-state index is 11.0. The van der Waals surface area contributed by atoms with Crippen LogP contribution in [0.3, 0.4) is 0 Å². The average molecular weight is 257 g/mol. The van der Waals surface area contributed by atoms with Gasteiger partial charge in [-0.2, -0.15) is 5.26 Å². The van der Waals surface area contributed by atoms with Crippen molar-refractivity contribution in [3.8, 4) is 6.07 Å². The van der Waals surface area contributed by atoms with Gasteiger partial charge < -0.3 is 14.3 Å². The molecule has 0 heterocycles. The summed E-state index contributed by atoms with van der Waals surface area (Å²) in [5.41, 5.74) is -0.261. The molecule has 0 aliphatic heterocycles. The van der Waals surface area contributed by atoms with E-state index in [0.717, 1.165) is 0 Å². The van der Waals surface area contributed by atoms with E-state index < -0.39 is 11.9 Å². The van der Waals surface area contributed by atoms with Gasteiger partial charge in [0.1, 0.15) is 24.8 Å². The maximum Gasteiger partial charge on any atom is 0.359 e. The second-order valence-electron chi connectivity index (χ2n) is 3.94. The highest BCUT2D eigenvalue weighted by atomic mass is 16.5. The van der Waals surface area contributed by atoms with Gasteiger partial charge in [0.2, 0.25) is 0 Å². The summed E-state index contributed by atoms with van der Waals surface area (Å²) in [6.07, 6.45) is 0. The second-order valence-corrected chi connectivity index (χ2v) is 3.94. The zero-order valence-corrected chi connectivity index (χ0v) is 11.4. The van der Waals surface area contributed by atoms with Gasteiger partial charge in [0, 0.05) is 0 Å². The molecule has 0 saturated heterocycles. The van der Waals surface area contributed by atoms with Gasteiger partial charge in [0.15, 0.2) is 6.54 Å². The summed E-state index contributed by atoms with van der Waals surface area (Å²) in [6.45, 7) is 7.56. The molecule has 102 valence electrons. The molecule has 0 unspecified atom stereocenters. The highest BCUT2D eigenvalue weighted by Crippen LogP contribution is 1.98. The van der Waals surface area contributed by atoms with Gasteiger partial charge in [-0.15, -0.1) is 0 Å². The average Bonchev–Trinajstić information content (AvgIpc) is 2.28. The molecule has 0 atom stereocenters. The van der Waals surface area contributed by atoms with Crippen molar-refractivity contribution in [2.24, 2.45) is 0 Å². The molecule has 0 saturated carbocycles. The highest BCUT2D eigenvalue weighted by molar-refractivity contribution is 5.91. The number of nitriles is 1. The quantitative estimate of drug-likeness (QED) is 0.329. The topological polar surface area (TPSA) is 87.4 Å². The van der Waals surface area contributed by atoms with E-state index in [2.05, 4.69) is 6.58 Å². The minimum Gasteiger partial charge on any atom is -0.477 e. The molecule has 0 aliphatic carbocycles. The van der Waals surface area contributed by atoms with Crippen LogP contribution in [0.2, 0.25) is 0 Å². The Morgan fingerprint density at radius 1 is 1.39 bits per heavy atom. The van der Waals surface area contributed by atoms with Crippen molar-refractivity contribution in [3.05, 3.63) is 12.2 Å². The van der Waals surface area contributed by atoms with E-state index in [1.54, 1.807) is 20.2 Å². The monoisotopic (exact) mass is 257 g/mol. The van der Waals surface area contributed by atoms with E-state index in [4.69, 9.17) is 15.1 Å². The molecule has 6 heteroatoms. The van der Waals surface area contributed by atoms with Gasteiger partial charge in [-0.3, -0.25) is 0 Å². The molecule has 0 fully saturated rings. The van der Waals surface area contributed by atoms with Gasteiger partial charge in [0.25, 0.3) is 0 Å². The number of carboxylic acids is 1. The van der Waals surface area contributed by atoms with Crippen LogP contribution in [0, 0.1) is 11.3 Å². The predicted molar refractivity (Wildman–Crippen MR) is 66.5 cm³/mol. The Balaban J connectivity index is 0. The van der Waals surface area contributed by atoms with Crippen molar-refractivity contribution in [2.75, 3.05) is 33.8 Å². The van der Waals surface area contributed by atoms with Crippen molar-refractivity contribution in [1.29, 1.82) is 5.26 Å². The smallest absolute Gasteiger partial charge is 0.359 e. The van der Waals surface area contributed by atoms with Gasteiger partial charge in [-0.1, -0.05) is 20.4 Å². The molecular weight excluding hydrogens is 236 g/mol. The third-order valence-corrected chi connectivity index (χ3v) is 1.87. The lowest BCUT2D eigenvalue weighted by Crippen LogP contribution is -2.46. The summed E-state index contributed by atoms with van der Waals surface area (Å²) < 4.78 is 4.94. The largest absolute Gasteiger partial charge is 0.477 e. The van der Waals surface area contributed by atoms with E-state index in [1.165, 1.54) is 0 Å². The first-order valence-corrected chi connectivity index (χ1v) is 5.58. The van der Waals surface area contributed by atoms with Crippen LogP contribution >= 0.6 is 0 Å². The molecular formula is C12H21N2O4+. The minimum atomic E-state index is -0.919. The summed E-state index contributed by atoms with van der Waals surface area (Å²) in [6, 6.07) is 1.58. The van der Waals surface area contributed by atoms with Crippen molar-refractivity contribution in [2.45, 2.75) is 13.8 Å². The maximum absolute atomic E-state index is 11.0. The number of hydrogen-bond donors (Lipinski definition) is 1. The van der Waals surface area contributed by atoms with Crippen LogP contribution in [-0.4, -0.2) is 55.3 Å². The van der Waals surface area contributed by atoms with Gasteiger partial charge in [-0.25, -0.2) is 9.59 Å². The van der Waals surface area contributed by atoms with E-state index in [-0.39, 0.29) is 23.2 Å². The molecule has 6 nitrogen and oxygen atoms in total. The number of rotatable bonds is 6. The molecule has 0 bridgehead atoms. The van der Waals surface area contributed by atoms with Crippen LogP contribution in [0.25, 0.3) is 0 Å². The zero-order chi connectivity index (χ0) is 14.8. The fraction of sp³-hybridized carbons (Fsp3) is 0.583. The van der Waals surface area contributed by atoms with E-state index >= 15 is 0 Å². The third kappa shape index (κ3) is 9.36. The molecule has 0 aromatic heterocycles. The van der Waals surface area contributed by atoms with Crippen LogP contribution in [0.4, 0.5) is 0 Å². The molecule has 0 aromatic rings. The Labute approximate surface area is 108 Å². The standard InChI is InChI=1S/C10H14N2O4.C2H6/c1-8(6-11)10(15)16-5-4-12(2,3)7-9(13)14;1-2/h1,4-5,7H2,2-3H3;1-2H3/p+1. The molecule has 0 radical (unpaired) electrons. The Bertz CT molecular complexity index is 342. The third-order valence-electron chi connectivity index (χ3n) is 1.87. The lowest BCUT2D eigenvalue weighted by atomic mass is 10.3. The SMILES string of the molecule is C=C(C#N)C(=O)OCC[N+](C)(C)CC(=O)O.CC. The molecule has 0 aliphatic rings. The Morgan fingerprint density at radius 3 is 2.28 bits per heavy atom. The predicted octanol–water partition coefficient (Wildman–Crippen LogP) is 0.797. The molecule has 18 heavy (non-hydrogen) atoms. The summed E-state index contributed by atoms with van der Waals surface area (Å²) in [4.78, 5) is 21.5.